The molecule has 0 saturated heterocycles. The van der Waals surface area contributed by atoms with Gasteiger partial charge < -0.3 is 9.84 Å². The number of rotatable bonds is 4. The summed E-state index contributed by atoms with van der Waals surface area (Å²) in [4.78, 5) is 3.99. The van der Waals surface area contributed by atoms with Gasteiger partial charge in [0.05, 0.1) is 23.4 Å². The topological polar surface area (TPSA) is 66.1 Å². The van der Waals surface area contributed by atoms with Crippen LogP contribution in [0.2, 0.25) is 0 Å². The number of ether oxygens (including phenoxy) is 1. The first-order chi connectivity index (χ1) is 6.65. The number of aliphatic hydroxyl groups is 1. The zero-order valence-corrected chi connectivity index (χ0v) is 8.86. The van der Waals surface area contributed by atoms with Gasteiger partial charge in [-0.3, -0.25) is 0 Å². The minimum atomic E-state index is -0.689. The SMILES string of the molecule is CC(O)C(C)OC(C#N)c1cscn1. The van der Waals surface area contributed by atoms with Crippen LogP contribution in [0.4, 0.5) is 0 Å². The summed E-state index contributed by atoms with van der Waals surface area (Å²) in [5, 5.41) is 19.8. The van der Waals surface area contributed by atoms with Crippen molar-refractivity contribution in [2.24, 2.45) is 0 Å². The first kappa shape index (κ1) is 11.1. The minimum Gasteiger partial charge on any atom is -0.391 e. The Morgan fingerprint density at radius 1 is 1.64 bits per heavy atom. The van der Waals surface area contributed by atoms with Crippen LogP contribution in [-0.2, 0) is 4.74 Å². The Morgan fingerprint density at radius 3 is 2.79 bits per heavy atom. The second kappa shape index (κ2) is 5.05. The molecule has 1 N–H and O–H groups in total. The molecule has 1 heterocycles. The summed E-state index contributed by atoms with van der Waals surface area (Å²) < 4.78 is 5.34. The number of nitrogens with zero attached hydrogens (tertiary/aromatic N) is 2. The lowest BCUT2D eigenvalue weighted by Crippen LogP contribution is -2.24. The average Bonchev–Trinajstić information content (AvgIpc) is 2.66. The minimum absolute atomic E-state index is 0.374. The van der Waals surface area contributed by atoms with Crippen molar-refractivity contribution >= 4 is 11.3 Å². The fraction of sp³-hybridized carbons (Fsp3) is 0.556. The molecule has 0 radical (unpaired) electrons. The molecule has 5 heteroatoms. The van der Waals surface area contributed by atoms with Crippen LogP contribution in [0, 0.1) is 11.3 Å². The van der Waals surface area contributed by atoms with E-state index >= 15 is 0 Å². The standard InChI is InChI=1S/C9H12N2O2S/c1-6(12)7(2)13-9(3-10)8-4-14-5-11-8/h4-7,9,12H,1-2H3. The summed E-state index contributed by atoms with van der Waals surface area (Å²) in [6, 6.07) is 2.00. The van der Waals surface area contributed by atoms with Gasteiger partial charge in [0, 0.05) is 5.38 Å². The summed E-state index contributed by atoms with van der Waals surface area (Å²) in [7, 11) is 0. The van der Waals surface area contributed by atoms with Gasteiger partial charge >= 0.3 is 0 Å². The van der Waals surface area contributed by atoms with E-state index in [0.29, 0.717) is 5.69 Å². The number of aromatic nitrogens is 1. The number of thiazole rings is 1. The van der Waals surface area contributed by atoms with Crippen LogP contribution in [0.3, 0.4) is 0 Å². The predicted octanol–water partition coefficient (Wildman–Crippen LogP) is 1.49. The Labute approximate surface area is 86.8 Å². The van der Waals surface area contributed by atoms with Crippen LogP contribution < -0.4 is 0 Å². The lowest BCUT2D eigenvalue weighted by Gasteiger charge is -2.18. The maximum Gasteiger partial charge on any atom is 0.187 e. The number of aliphatic hydroxyl groups excluding tert-OH is 1. The van der Waals surface area contributed by atoms with Gasteiger partial charge in [-0.1, -0.05) is 0 Å². The van der Waals surface area contributed by atoms with Crippen molar-refractivity contribution in [2.75, 3.05) is 0 Å². The van der Waals surface area contributed by atoms with Gasteiger partial charge in [0.25, 0.3) is 0 Å². The Morgan fingerprint density at radius 2 is 2.36 bits per heavy atom. The molecule has 3 unspecified atom stereocenters. The Kier molecular flexibility index (Phi) is 4.01. The summed E-state index contributed by atoms with van der Waals surface area (Å²) in [5.41, 5.74) is 2.25. The molecule has 0 aliphatic heterocycles. The fourth-order valence-corrected chi connectivity index (χ4v) is 1.41. The van der Waals surface area contributed by atoms with Crippen molar-refractivity contribution in [3.05, 3.63) is 16.6 Å². The van der Waals surface area contributed by atoms with Gasteiger partial charge in [-0.2, -0.15) is 5.26 Å². The summed E-state index contributed by atoms with van der Waals surface area (Å²) >= 11 is 1.41. The van der Waals surface area contributed by atoms with E-state index in [-0.39, 0.29) is 6.10 Å². The van der Waals surface area contributed by atoms with Gasteiger partial charge in [-0.05, 0) is 13.8 Å². The van der Waals surface area contributed by atoms with Crippen molar-refractivity contribution in [3.8, 4) is 6.07 Å². The molecule has 0 aromatic carbocycles. The van der Waals surface area contributed by atoms with E-state index in [1.807, 2.05) is 6.07 Å². The van der Waals surface area contributed by atoms with E-state index in [1.165, 1.54) is 11.3 Å². The summed E-state index contributed by atoms with van der Waals surface area (Å²) in [6.45, 7) is 3.35. The van der Waals surface area contributed by atoms with E-state index < -0.39 is 12.2 Å². The molecule has 14 heavy (non-hydrogen) atoms. The molecule has 1 rings (SSSR count). The molecule has 76 valence electrons. The largest absolute Gasteiger partial charge is 0.391 e. The maximum absolute atomic E-state index is 9.21. The second-order valence-electron chi connectivity index (χ2n) is 3.00. The predicted molar refractivity (Wildman–Crippen MR) is 52.7 cm³/mol. The van der Waals surface area contributed by atoms with E-state index in [4.69, 9.17) is 10.00 Å². The fourth-order valence-electron chi connectivity index (χ4n) is 0.846. The number of hydrogen-bond donors (Lipinski definition) is 1. The van der Waals surface area contributed by atoms with E-state index in [2.05, 4.69) is 4.98 Å². The molecular weight excluding hydrogens is 200 g/mol. The van der Waals surface area contributed by atoms with E-state index in [0.717, 1.165) is 0 Å². The zero-order valence-electron chi connectivity index (χ0n) is 8.04. The Balaban J connectivity index is 2.62. The molecule has 1 aromatic rings. The highest BCUT2D eigenvalue weighted by Gasteiger charge is 2.19. The van der Waals surface area contributed by atoms with Gasteiger partial charge in [-0.15, -0.1) is 11.3 Å². The van der Waals surface area contributed by atoms with Crippen molar-refractivity contribution in [1.29, 1.82) is 5.26 Å². The third kappa shape index (κ3) is 2.77. The first-order valence-electron chi connectivity index (χ1n) is 4.26. The Bertz CT molecular complexity index is 305. The average molecular weight is 212 g/mol. The van der Waals surface area contributed by atoms with Crippen LogP contribution in [-0.4, -0.2) is 22.3 Å². The molecule has 0 fully saturated rings. The zero-order chi connectivity index (χ0) is 10.6. The number of hydrogen-bond acceptors (Lipinski definition) is 5. The molecule has 0 bridgehead atoms. The third-order valence-corrected chi connectivity index (χ3v) is 2.47. The molecule has 0 aliphatic carbocycles. The van der Waals surface area contributed by atoms with Crippen molar-refractivity contribution in [1.82, 2.24) is 4.98 Å². The summed E-state index contributed by atoms with van der Waals surface area (Å²) in [5.74, 6) is 0. The maximum atomic E-state index is 9.21. The number of nitriles is 1. The molecule has 3 atom stereocenters. The van der Waals surface area contributed by atoms with Crippen LogP contribution in [0.5, 0.6) is 0 Å². The van der Waals surface area contributed by atoms with Gasteiger partial charge in [0.2, 0.25) is 0 Å². The van der Waals surface area contributed by atoms with Crippen LogP contribution >= 0.6 is 11.3 Å². The van der Waals surface area contributed by atoms with E-state index in [1.54, 1.807) is 24.7 Å². The molecule has 4 nitrogen and oxygen atoms in total. The van der Waals surface area contributed by atoms with Gasteiger partial charge in [0.1, 0.15) is 6.07 Å². The summed E-state index contributed by atoms with van der Waals surface area (Å²) in [6.07, 6.45) is -1.66. The van der Waals surface area contributed by atoms with Crippen molar-refractivity contribution in [2.45, 2.75) is 32.2 Å². The molecule has 0 saturated carbocycles. The third-order valence-electron chi connectivity index (χ3n) is 1.87. The van der Waals surface area contributed by atoms with Crippen LogP contribution in [0.1, 0.15) is 25.6 Å². The van der Waals surface area contributed by atoms with Crippen LogP contribution in [0.15, 0.2) is 10.9 Å². The van der Waals surface area contributed by atoms with Gasteiger partial charge in [-0.25, -0.2) is 4.98 Å². The second-order valence-corrected chi connectivity index (χ2v) is 3.72. The highest BCUT2D eigenvalue weighted by atomic mass is 32.1. The Hall–Kier alpha value is -0.960. The smallest absolute Gasteiger partial charge is 0.187 e. The molecule has 0 aliphatic rings. The molecule has 0 spiro atoms. The van der Waals surface area contributed by atoms with E-state index in [9.17, 15) is 5.11 Å². The monoisotopic (exact) mass is 212 g/mol. The van der Waals surface area contributed by atoms with Crippen molar-refractivity contribution < 1.29 is 9.84 Å². The highest BCUT2D eigenvalue weighted by Crippen LogP contribution is 2.19. The normalized spacial score (nSPS) is 17.0. The first-order valence-corrected chi connectivity index (χ1v) is 5.20. The molecular formula is C9H12N2O2S. The molecule has 0 amide bonds. The van der Waals surface area contributed by atoms with Gasteiger partial charge in [0.15, 0.2) is 6.10 Å². The van der Waals surface area contributed by atoms with Crippen molar-refractivity contribution in [3.63, 3.8) is 0 Å². The quantitative estimate of drug-likeness (QED) is 0.821. The lowest BCUT2D eigenvalue weighted by molar-refractivity contribution is -0.0436. The molecule has 1 aromatic heterocycles. The highest BCUT2D eigenvalue weighted by molar-refractivity contribution is 7.07. The van der Waals surface area contributed by atoms with Crippen LogP contribution in [0.25, 0.3) is 0 Å². The lowest BCUT2D eigenvalue weighted by atomic mass is 10.2.